The molecule has 19 heavy (non-hydrogen) atoms. The highest BCUT2D eigenvalue weighted by Crippen LogP contribution is 2.37. The van der Waals surface area contributed by atoms with Crippen molar-refractivity contribution in [2.24, 2.45) is 11.7 Å². The van der Waals surface area contributed by atoms with E-state index < -0.39 is 0 Å². The third-order valence-corrected chi connectivity index (χ3v) is 3.64. The maximum absolute atomic E-state index is 12.2. The summed E-state index contributed by atoms with van der Waals surface area (Å²) in [6, 6.07) is 5.70. The third-order valence-electron chi connectivity index (χ3n) is 3.64. The van der Waals surface area contributed by atoms with E-state index in [9.17, 15) is 9.59 Å². The average molecular weight is 259 g/mol. The zero-order chi connectivity index (χ0) is 13.4. The number of nitrogens with one attached hydrogen (secondary N) is 1. The van der Waals surface area contributed by atoms with Crippen molar-refractivity contribution in [3.8, 4) is 0 Å². The Morgan fingerprint density at radius 3 is 2.84 bits per heavy atom. The van der Waals surface area contributed by atoms with Gasteiger partial charge in [0, 0.05) is 23.8 Å². The van der Waals surface area contributed by atoms with Gasteiger partial charge in [-0.1, -0.05) is 6.07 Å². The quantitative estimate of drug-likeness (QED) is 0.846. The Labute approximate surface area is 111 Å². The van der Waals surface area contributed by atoms with Gasteiger partial charge in [-0.15, -0.1) is 0 Å². The molecule has 5 heteroatoms. The molecule has 2 aliphatic rings. The van der Waals surface area contributed by atoms with Crippen LogP contribution in [0.2, 0.25) is 0 Å². The summed E-state index contributed by atoms with van der Waals surface area (Å²) in [6.45, 7) is 0.709. The van der Waals surface area contributed by atoms with Gasteiger partial charge in [0.2, 0.25) is 11.8 Å². The van der Waals surface area contributed by atoms with Crippen LogP contribution in [0.3, 0.4) is 0 Å². The molecule has 2 amide bonds. The molecule has 0 unspecified atom stereocenters. The van der Waals surface area contributed by atoms with E-state index in [-0.39, 0.29) is 24.3 Å². The Kier molecular flexibility index (Phi) is 2.98. The lowest BCUT2D eigenvalue weighted by Crippen LogP contribution is -2.30. The standard InChI is InChI=1S/C14H17N3O2/c15-8-13(18)16-11-4-3-9-5-6-17(12(9)7-11)14(19)10-1-2-10/h3-4,7,10H,1-2,5-6,8,15H2,(H,16,18). The molecule has 1 fully saturated rings. The van der Waals surface area contributed by atoms with E-state index in [2.05, 4.69) is 5.32 Å². The zero-order valence-corrected chi connectivity index (χ0v) is 10.7. The van der Waals surface area contributed by atoms with Crippen molar-refractivity contribution in [1.82, 2.24) is 0 Å². The lowest BCUT2D eigenvalue weighted by atomic mass is 10.1. The molecule has 0 atom stereocenters. The van der Waals surface area contributed by atoms with Crippen LogP contribution in [-0.4, -0.2) is 24.9 Å². The maximum atomic E-state index is 12.2. The number of amides is 2. The first kappa shape index (κ1) is 12.2. The topological polar surface area (TPSA) is 75.4 Å². The summed E-state index contributed by atoms with van der Waals surface area (Å²) in [6.07, 6.45) is 2.90. The van der Waals surface area contributed by atoms with E-state index >= 15 is 0 Å². The van der Waals surface area contributed by atoms with Crippen LogP contribution in [0.25, 0.3) is 0 Å². The molecule has 0 aromatic heterocycles. The lowest BCUT2D eigenvalue weighted by molar-refractivity contribution is -0.119. The Morgan fingerprint density at radius 2 is 2.16 bits per heavy atom. The minimum atomic E-state index is -0.224. The zero-order valence-electron chi connectivity index (χ0n) is 10.7. The summed E-state index contributed by atoms with van der Waals surface area (Å²) >= 11 is 0. The van der Waals surface area contributed by atoms with E-state index in [0.717, 1.165) is 31.5 Å². The van der Waals surface area contributed by atoms with Gasteiger partial charge in [-0.2, -0.15) is 0 Å². The van der Waals surface area contributed by atoms with E-state index in [0.29, 0.717) is 5.69 Å². The van der Waals surface area contributed by atoms with Crippen molar-refractivity contribution < 1.29 is 9.59 Å². The van der Waals surface area contributed by atoms with Crippen molar-refractivity contribution in [3.05, 3.63) is 23.8 Å². The molecule has 1 saturated carbocycles. The Bertz CT molecular complexity index is 537. The number of rotatable bonds is 3. The van der Waals surface area contributed by atoms with Gasteiger partial charge in [0.15, 0.2) is 0 Å². The average Bonchev–Trinajstić information content (AvgIpc) is 3.18. The fourth-order valence-electron chi connectivity index (χ4n) is 2.45. The van der Waals surface area contributed by atoms with Crippen LogP contribution in [0.5, 0.6) is 0 Å². The monoisotopic (exact) mass is 259 g/mol. The van der Waals surface area contributed by atoms with Crippen molar-refractivity contribution in [3.63, 3.8) is 0 Å². The van der Waals surface area contributed by atoms with Crippen molar-refractivity contribution in [2.45, 2.75) is 19.3 Å². The van der Waals surface area contributed by atoms with Crippen LogP contribution in [0.1, 0.15) is 18.4 Å². The van der Waals surface area contributed by atoms with Gasteiger partial charge in [-0.05, 0) is 37.0 Å². The Morgan fingerprint density at radius 1 is 1.37 bits per heavy atom. The minimum absolute atomic E-state index is 0.0399. The number of carbonyl (C=O) groups is 2. The van der Waals surface area contributed by atoms with Gasteiger partial charge in [0.05, 0.1) is 6.54 Å². The summed E-state index contributed by atoms with van der Waals surface area (Å²) in [4.78, 5) is 25.3. The second-order valence-electron chi connectivity index (χ2n) is 5.11. The molecule has 5 nitrogen and oxygen atoms in total. The van der Waals surface area contributed by atoms with E-state index in [4.69, 9.17) is 5.73 Å². The number of benzene rings is 1. The fourth-order valence-corrected chi connectivity index (χ4v) is 2.45. The van der Waals surface area contributed by atoms with Gasteiger partial charge in [0.1, 0.15) is 0 Å². The largest absolute Gasteiger partial charge is 0.325 e. The molecule has 1 heterocycles. The van der Waals surface area contributed by atoms with Crippen LogP contribution < -0.4 is 16.0 Å². The Hall–Kier alpha value is -1.88. The van der Waals surface area contributed by atoms with E-state index in [1.165, 1.54) is 5.56 Å². The SMILES string of the molecule is NCC(=O)Nc1ccc2c(c1)N(C(=O)C1CC1)CC2. The summed E-state index contributed by atoms with van der Waals surface area (Å²) < 4.78 is 0. The number of carbonyl (C=O) groups excluding carboxylic acids is 2. The first-order chi connectivity index (χ1) is 9.19. The molecule has 0 bridgehead atoms. The fraction of sp³-hybridized carbons (Fsp3) is 0.429. The van der Waals surface area contributed by atoms with Gasteiger partial charge in [0.25, 0.3) is 0 Å². The molecule has 3 N–H and O–H groups in total. The first-order valence-electron chi connectivity index (χ1n) is 6.63. The summed E-state index contributed by atoms with van der Waals surface area (Å²) in [5.41, 5.74) is 8.08. The number of nitrogens with zero attached hydrogens (tertiary/aromatic N) is 1. The smallest absolute Gasteiger partial charge is 0.238 e. The highest BCUT2D eigenvalue weighted by molar-refractivity contribution is 5.99. The van der Waals surface area contributed by atoms with E-state index in [1.807, 2.05) is 23.1 Å². The molecular weight excluding hydrogens is 242 g/mol. The minimum Gasteiger partial charge on any atom is -0.325 e. The van der Waals surface area contributed by atoms with Crippen LogP contribution in [-0.2, 0) is 16.0 Å². The first-order valence-corrected chi connectivity index (χ1v) is 6.63. The third kappa shape index (κ3) is 2.33. The van der Waals surface area contributed by atoms with Crippen LogP contribution >= 0.6 is 0 Å². The second-order valence-corrected chi connectivity index (χ2v) is 5.11. The van der Waals surface area contributed by atoms with Crippen LogP contribution in [0.15, 0.2) is 18.2 Å². The number of hydrogen-bond donors (Lipinski definition) is 2. The molecule has 1 aromatic carbocycles. The highest BCUT2D eigenvalue weighted by atomic mass is 16.2. The normalized spacial score (nSPS) is 17.2. The summed E-state index contributed by atoms with van der Waals surface area (Å²) in [5.74, 6) is 0.215. The molecule has 100 valence electrons. The Balaban J connectivity index is 1.84. The molecule has 1 aliphatic carbocycles. The van der Waals surface area contributed by atoms with Gasteiger partial charge >= 0.3 is 0 Å². The predicted molar refractivity (Wildman–Crippen MR) is 72.9 cm³/mol. The van der Waals surface area contributed by atoms with Gasteiger partial charge in [-0.25, -0.2) is 0 Å². The number of nitrogens with two attached hydrogens (primary N) is 1. The van der Waals surface area contributed by atoms with Crippen molar-refractivity contribution >= 4 is 23.2 Å². The number of anilines is 2. The number of hydrogen-bond acceptors (Lipinski definition) is 3. The lowest BCUT2D eigenvalue weighted by Gasteiger charge is -2.18. The van der Waals surface area contributed by atoms with Gasteiger partial charge in [-0.3, -0.25) is 9.59 Å². The molecule has 3 rings (SSSR count). The van der Waals surface area contributed by atoms with Crippen LogP contribution in [0, 0.1) is 5.92 Å². The molecule has 0 saturated heterocycles. The summed E-state index contributed by atoms with van der Waals surface area (Å²) in [7, 11) is 0. The molecular formula is C14H17N3O2. The molecule has 0 spiro atoms. The highest BCUT2D eigenvalue weighted by Gasteiger charge is 2.36. The molecule has 0 radical (unpaired) electrons. The van der Waals surface area contributed by atoms with Crippen molar-refractivity contribution in [1.29, 1.82) is 0 Å². The molecule has 1 aromatic rings. The molecule has 1 aliphatic heterocycles. The maximum Gasteiger partial charge on any atom is 0.238 e. The van der Waals surface area contributed by atoms with E-state index in [1.54, 1.807) is 0 Å². The number of fused-ring (bicyclic) bond motifs is 1. The second kappa shape index (κ2) is 4.66. The summed E-state index contributed by atoms with van der Waals surface area (Å²) in [5, 5.41) is 2.72. The van der Waals surface area contributed by atoms with Crippen molar-refractivity contribution in [2.75, 3.05) is 23.3 Å². The van der Waals surface area contributed by atoms with Crippen LogP contribution in [0.4, 0.5) is 11.4 Å². The predicted octanol–water partition coefficient (Wildman–Crippen LogP) is 0.883. The van der Waals surface area contributed by atoms with Gasteiger partial charge < -0.3 is 16.0 Å².